The van der Waals surface area contributed by atoms with E-state index in [1.807, 2.05) is 37.4 Å². The van der Waals surface area contributed by atoms with Crippen molar-refractivity contribution in [2.24, 2.45) is 0 Å². The number of nitrogens with zero attached hydrogens (tertiary/aromatic N) is 3. The number of aromatic nitrogens is 4. The molecule has 2 N–H and O–H groups in total. The molecule has 3 aromatic heterocycles. The predicted octanol–water partition coefficient (Wildman–Crippen LogP) is 3.62. The van der Waals surface area contributed by atoms with E-state index in [0.717, 1.165) is 27.7 Å². The average Bonchev–Trinajstić information content (AvgIpc) is 3.19. The van der Waals surface area contributed by atoms with E-state index in [9.17, 15) is 9.32 Å². The van der Waals surface area contributed by atoms with E-state index < -0.39 is 6.09 Å². The van der Waals surface area contributed by atoms with Crippen LogP contribution in [0.2, 0.25) is 0 Å². The minimum Gasteiger partial charge on any atom is -0.345 e. The molecule has 3 heterocycles. The van der Waals surface area contributed by atoms with E-state index in [1.54, 1.807) is 16.9 Å². The van der Waals surface area contributed by atoms with Gasteiger partial charge in [0.05, 0.1) is 23.6 Å². The summed E-state index contributed by atoms with van der Waals surface area (Å²) >= 11 is 0. The summed E-state index contributed by atoms with van der Waals surface area (Å²) in [5, 5.41) is 2.19. The fraction of sp³-hybridized carbons (Fsp3) is 0.0625. The lowest BCUT2D eigenvalue weighted by Crippen LogP contribution is -2.09. The Labute approximate surface area is 135 Å². The highest BCUT2D eigenvalue weighted by molar-refractivity contribution is 5.93. The molecule has 0 aliphatic carbocycles. The zero-order chi connectivity index (χ0) is 16.7. The van der Waals surface area contributed by atoms with Gasteiger partial charge >= 0.3 is 6.09 Å². The molecule has 0 aliphatic heterocycles. The van der Waals surface area contributed by atoms with E-state index in [-0.39, 0.29) is 5.82 Å². The molecule has 0 saturated heterocycles. The van der Waals surface area contributed by atoms with Gasteiger partial charge in [-0.05, 0) is 30.7 Å². The minimum atomic E-state index is -1.21. The summed E-state index contributed by atoms with van der Waals surface area (Å²) in [4.78, 5) is 25.7. The summed E-state index contributed by atoms with van der Waals surface area (Å²) in [5.74, 6) is 0.199. The van der Waals surface area contributed by atoms with Crippen molar-refractivity contribution in [1.29, 1.82) is 0 Å². The molecule has 4 rings (SSSR count). The van der Waals surface area contributed by atoms with E-state index in [2.05, 4.69) is 25.2 Å². The number of amides is 1. The number of halogens is 1. The van der Waals surface area contributed by atoms with Crippen LogP contribution >= 0.6 is 0 Å². The Balaban J connectivity index is 1.83. The number of hydrogen-bond donors (Lipinski definition) is 2. The number of fused-ring (bicyclic) bond motifs is 2. The van der Waals surface area contributed by atoms with Crippen LogP contribution in [0, 0.1) is 6.92 Å². The number of hydrogen-bond acceptors (Lipinski definition) is 4. The first-order valence-electron chi connectivity index (χ1n) is 7.17. The van der Waals surface area contributed by atoms with Gasteiger partial charge in [0, 0.05) is 21.8 Å². The van der Waals surface area contributed by atoms with Crippen molar-refractivity contribution in [1.82, 2.24) is 19.4 Å². The van der Waals surface area contributed by atoms with Crippen LogP contribution in [0.3, 0.4) is 0 Å². The largest absolute Gasteiger partial charge is 0.450 e. The van der Waals surface area contributed by atoms with Gasteiger partial charge < -0.3 is 9.38 Å². The van der Waals surface area contributed by atoms with Crippen molar-refractivity contribution >= 4 is 28.6 Å². The van der Waals surface area contributed by atoms with Crippen LogP contribution in [0.25, 0.3) is 27.8 Å². The number of anilines is 1. The number of carbonyl (C=O) groups excluding carboxylic acids is 1. The highest BCUT2D eigenvalue weighted by Gasteiger charge is 2.12. The standard InChI is InChI=1S/C16H12FN5O2/c1-9-2-4-11-15(19-8-18-11)14(9)10-3-5-13-20-12(7-22(13)6-10)21-16(23)24-17/h2-8H,1H3,(H,18,19)(H,21,23). The van der Waals surface area contributed by atoms with Crippen LogP contribution in [-0.4, -0.2) is 25.4 Å². The Kier molecular flexibility index (Phi) is 3.16. The number of rotatable bonds is 2. The number of aryl methyl sites for hydroxylation is 1. The van der Waals surface area contributed by atoms with E-state index in [1.165, 1.54) is 0 Å². The molecule has 1 aromatic carbocycles. The molecule has 8 heteroatoms. The van der Waals surface area contributed by atoms with Crippen molar-refractivity contribution in [3.05, 3.63) is 48.5 Å². The first kappa shape index (κ1) is 14.2. The van der Waals surface area contributed by atoms with Crippen molar-refractivity contribution < 1.29 is 14.3 Å². The zero-order valence-corrected chi connectivity index (χ0v) is 12.6. The van der Waals surface area contributed by atoms with Gasteiger partial charge in [-0.3, -0.25) is 5.32 Å². The first-order valence-corrected chi connectivity index (χ1v) is 7.17. The number of aromatic amines is 1. The molecule has 0 saturated carbocycles. The molecule has 7 nitrogen and oxygen atoms in total. The third kappa shape index (κ3) is 2.24. The maximum Gasteiger partial charge on any atom is 0.450 e. The van der Waals surface area contributed by atoms with Gasteiger partial charge in [-0.15, -0.1) is 0 Å². The van der Waals surface area contributed by atoms with E-state index >= 15 is 0 Å². The lowest BCUT2D eigenvalue weighted by molar-refractivity contribution is -0.0544. The molecule has 0 unspecified atom stereocenters. The Bertz CT molecular complexity index is 1070. The molecule has 0 aliphatic rings. The molecule has 0 bridgehead atoms. The summed E-state index contributed by atoms with van der Waals surface area (Å²) in [5.41, 5.74) is 5.51. The summed E-state index contributed by atoms with van der Waals surface area (Å²) < 4.78 is 13.6. The maximum atomic E-state index is 11.8. The Morgan fingerprint density at radius 3 is 3.00 bits per heavy atom. The van der Waals surface area contributed by atoms with Gasteiger partial charge in [-0.1, -0.05) is 6.07 Å². The van der Waals surface area contributed by atoms with Gasteiger partial charge in [0.15, 0.2) is 5.82 Å². The third-order valence-electron chi connectivity index (χ3n) is 3.84. The molecule has 0 radical (unpaired) electrons. The number of nitrogens with one attached hydrogen (secondary N) is 2. The number of benzene rings is 1. The second kappa shape index (κ2) is 5.34. The van der Waals surface area contributed by atoms with Crippen LogP contribution in [0.1, 0.15) is 5.56 Å². The second-order valence-corrected chi connectivity index (χ2v) is 5.36. The number of carbonyl (C=O) groups is 1. The molecule has 4 aromatic rings. The van der Waals surface area contributed by atoms with Crippen LogP contribution in [0.5, 0.6) is 0 Å². The minimum absolute atomic E-state index is 0.199. The SMILES string of the molecule is Cc1ccc2[nH]cnc2c1-c1ccc2nc(NC(=O)OF)cn2c1. The fourth-order valence-electron chi connectivity index (χ4n) is 2.80. The fourth-order valence-corrected chi connectivity index (χ4v) is 2.80. The maximum absolute atomic E-state index is 11.8. The molecular formula is C16H12FN5O2. The van der Waals surface area contributed by atoms with Crippen molar-refractivity contribution in [3.63, 3.8) is 0 Å². The van der Waals surface area contributed by atoms with Crippen molar-refractivity contribution in [2.45, 2.75) is 6.92 Å². The molecule has 0 spiro atoms. The first-order chi connectivity index (χ1) is 11.7. The Hall–Kier alpha value is -3.42. The summed E-state index contributed by atoms with van der Waals surface area (Å²) in [7, 11) is 0. The number of pyridine rings is 1. The molecule has 1 amide bonds. The smallest absolute Gasteiger partial charge is 0.345 e. The summed E-state index contributed by atoms with van der Waals surface area (Å²) in [6.07, 6.45) is 3.91. The second-order valence-electron chi connectivity index (χ2n) is 5.36. The van der Waals surface area contributed by atoms with E-state index in [4.69, 9.17) is 0 Å². The third-order valence-corrected chi connectivity index (χ3v) is 3.84. The molecular weight excluding hydrogens is 313 g/mol. The number of imidazole rings is 2. The van der Waals surface area contributed by atoms with Gasteiger partial charge in [-0.2, -0.15) is 0 Å². The lowest BCUT2D eigenvalue weighted by Gasteiger charge is -2.07. The van der Waals surface area contributed by atoms with Gasteiger partial charge in [0.2, 0.25) is 0 Å². The topological polar surface area (TPSA) is 84.3 Å². The average molecular weight is 325 g/mol. The molecule has 0 atom stereocenters. The summed E-state index contributed by atoms with van der Waals surface area (Å²) in [6.45, 7) is 2.02. The normalized spacial score (nSPS) is 11.1. The van der Waals surface area contributed by atoms with Crippen molar-refractivity contribution in [2.75, 3.05) is 5.32 Å². The van der Waals surface area contributed by atoms with Crippen LogP contribution < -0.4 is 5.32 Å². The lowest BCUT2D eigenvalue weighted by atomic mass is 10.0. The molecule has 24 heavy (non-hydrogen) atoms. The van der Waals surface area contributed by atoms with Crippen LogP contribution in [0.15, 0.2) is 43.0 Å². The quantitative estimate of drug-likeness (QED) is 0.589. The van der Waals surface area contributed by atoms with Gasteiger partial charge in [0.25, 0.3) is 0 Å². The Morgan fingerprint density at radius 2 is 2.17 bits per heavy atom. The highest BCUT2D eigenvalue weighted by atomic mass is 19.3. The monoisotopic (exact) mass is 325 g/mol. The van der Waals surface area contributed by atoms with Crippen LogP contribution in [0.4, 0.5) is 15.1 Å². The van der Waals surface area contributed by atoms with Gasteiger partial charge in [-0.25, -0.2) is 19.7 Å². The number of H-pyrrole nitrogens is 1. The van der Waals surface area contributed by atoms with E-state index in [0.29, 0.717) is 5.65 Å². The van der Waals surface area contributed by atoms with Crippen molar-refractivity contribution in [3.8, 4) is 11.1 Å². The predicted molar refractivity (Wildman–Crippen MR) is 86.2 cm³/mol. The summed E-state index contributed by atoms with van der Waals surface area (Å²) in [6, 6.07) is 7.75. The van der Waals surface area contributed by atoms with Crippen LogP contribution in [-0.2, 0) is 4.94 Å². The zero-order valence-electron chi connectivity index (χ0n) is 12.6. The van der Waals surface area contributed by atoms with Gasteiger partial charge in [0.1, 0.15) is 5.65 Å². The molecule has 120 valence electrons. The molecule has 0 fully saturated rings. The Morgan fingerprint density at radius 1 is 1.29 bits per heavy atom. The highest BCUT2D eigenvalue weighted by Crippen LogP contribution is 2.30.